The molecule has 10 heteroatoms. The van der Waals surface area contributed by atoms with Gasteiger partial charge in [0.15, 0.2) is 5.82 Å². The van der Waals surface area contributed by atoms with E-state index >= 15 is 0 Å². The molecule has 36 heavy (non-hydrogen) atoms. The number of nitrogens with zero attached hydrogens (tertiary/aromatic N) is 3. The molecular formula is C26H34N4O6. The van der Waals surface area contributed by atoms with Crippen LogP contribution in [0.5, 0.6) is 11.5 Å². The molecule has 2 amide bonds. The van der Waals surface area contributed by atoms with Gasteiger partial charge < -0.3 is 29.9 Å². The van der Waals surface area contributed by atoms with E-state index in [1.807, 2.05) is 6.07 Å². The van der Waals surface area contributed by atoms with Crippen LogP contribution >= 0.6 is 0 Å². The molecule has 10 nitrogen and oxygen atoms in total. The van der Waals surface area contributed by atoms with Crippen molar-refractivity contribution in [3.05, 3.63) is 48.4 Å². The average Bonchev–Trinajstić information content (AvgIpc) is 3.48. The second-order valence-corrected chi connectivity index (χ2v) is 9.36. The van der Waals surface area contributed by atoms with Gasteiger partial charge in [0.2, 0.25) is 5.91 Å². The van der Waals surface area contributed by atoms with E-state index in [1.165, 1.54) is 17.2 Å². The second kappa shape index (κ2) is 12.0. The van der Waals surface area contributed by atoms with Crippen molar-refractivity contribution in [2.45, 2.75) is 57.2 Å². The highest BCUT2D eigenvalue weighted by Crippen LogP contribution is 2.31. The Labute approximate surface area is 210 Å². The number of hydrogen-bond acceptors (Lipinski definition) is 7. The summed E-state index contributed by atoms with van der Waals surface area (Å²) in [7, 11) is 1.57. The molecule has 1 aliphatic heterocycles. The molecule has 4 rings (SSSR count). The number of methoxy groups -OCH3 is 1. The number of aromatic nitrogens is 2. The van der Waals surface area contributed by atoms with Crippen LogP contribution in [0.3, 0.4) is 0 Å². The first kappa shape index (κ1) is 25.7. The van der Waals surface area contributed by atoms with Gasteiger partial charge in [-0.2, -0.15) is 5.10 Å². The van der Waals surface area contributed by atoms with E-state index < -0.39 is 12.1 Å². The summed E-state index contributed by atoms with van der Waals surface area (Å²) >= 11 is 0. The molecule has 0 bridgehead atoms. The third-order valence-corrected chi connectivity index (χ3v) is 6.64. The van der Waals surface area contributed by atoms with Crippen LogP contribution in [-0.2, 0) is 16.1 Å². The van der Waals surface area contributed by atoms with Gasteiger partial charge in [0, 0.05) is 24.4 Å². The summed E-state index contributed by atoms with van der Waals surface area (Å²) in [4.78, 5) is 28.0. The number of benzene rings is 1. The number of carbonyl (C=O) groups excluding carboxylic acids is 2. The molecule has 1 aromatic heterocycles. The molecule has 1 aliphatic carbocycles. The summed E-state index contributed by atoms with van der Waals surface area (Å²) in [6.07, 6.45) is 8.23. The molecule has 0 radical (unpaired) electrons. The Hall–Kier alpha value is -3.37. The third kappa shape index (κ3) is 6.64. The van der Waals surface area contributed by atoms with Crippen LogP contribution in [0, 0.1) is 5.92 Å². The van der Waals surface area contributed by atoms with E-state index in [9.17, 15) is 14.7 Å². The van der Waals surface area contributed by atoms with Gasteiger partial charge in [0.1, 0.15) is 23.3 Å². The van der Waals surface area contributed by atoms with Crippen LogP contribution in [0.1, 0.15) is 38.5 Å². The zero-order valence-electron chi connectivity index (χ0n) is 20.5. The summed E-state index contributed by atoms with van der Waals surface area (Å²) in [5.74, 6) is 1.79. The van der Waals surface area contributed by atoms with Crippen LogP contribution < -0.4 is 14.8 Å². The highest BCUT2D eigenvalue weighted by Gasteiger charge is 2.36. The van der Waals surface area contributed by atoms with Crippen molar-refractivity contribution in [3.8, 4) is 11.5 Å². The quantitative estimate of drug-likeness (QED) is 0.434. The fourth-order valence-corrected chi connectivity index (χ4v) is 4.78. The summed E-state index contributed by atoms with van der Waals surface area (Å²) in [5, 5.41) is 25.8. The molecule has 2 unspecified atom stereocenters. The average molecular weight is 499 g/mol. The van der Waals surface area contributed by atoms with Crippen LogP contribution in [0.2, 0.25) is 0 Å². The maximum atomic E-state index is 13.4. The normalized spacial score (nSPS) is 18.0. The van der Waals surface area contributed by atoms with E-state index in [-0.39, 0.29) is 31.5 Å². The molecule has 2 aliphatic rings. The van der Waals surface area contributed by atoms with E-state index in [4.69, 9.17) is 14.6 Å². The van der Waals surface area contributed by atoms with Crippen LogP contribution in [0.4, 0.5) is 5.82 Å². The van der Waals surface area contributed by atoms with Crippen molar-refractivity contribution < 1.29 is 29.3 Å². The lowest BCUT2D eigenvalue weighted by molar-refractivity contribution is -0.134. The molecular weight excluding hydrogens is 464 g/mol. The zero-order chi connectivity index (χ0) is 25.5. The Bertz CT molecular complexity index is 1080. The van der Waals surface area contributed by atoms with Gasteiger partial charge in [-0.15, -0.1) is 0 Å². The predicted molar refractivity (Wildman–Crippen MR) is 132 cm³/mol. The van der Waals surface area contributed by atoms with E-state index in [0.717, 1.165) is 25.7 Å². The number of amides is 2. The topological polar surface area (TPSA) is 126 Å². The minimum Gasteiger partial charge on any atom is -0.497 e. The molecule has 1 saturated carbocycles. The Morgan fingerprint density at radius 1 is 1.22 bits per heavy atom. The summed E-state index contributed by atoms with van der Waals surface area (Å²) in [5.41, 5.74) is 0. The lowest BCUT2D eigenvalue weighted by Gasteiger charge is -2.31. The Morgan fingerprint density at radius 3 is 2.75 bits per heavy atom. The summed E-state index contributed by atoms with van der Waals surface area (Å²) < 4.78 is 12.6. The number of aliphatic hydroxyl groups is 2. The van der Waals surface area contributed by atoms with Crippen molar-refractivity contribution in [2.75, 3.05) is 25.6 Å². The predicted octanol–water partition coefficient (Wildman–Crippen LogP) is 2.33. The lowest BCUT2D eigenvalue weighted by atomic mass is 9.84. The van der Waals surface area contributed by atoms with Crippen LogP contribution in [0.25, 0.3) is 0 Å². The van der Waals surface area contributed by atoms with E-state index in [1.54, 1.807) is 42.5 Å². The number of anilines is 1. The smallest absolute Gasteiger partial charge is 0.251 e. The highest BCUT2D eigenvalue weighted by molar-refractivity contribution is 5.99. The molecule has 0 spiro atoms. The first-order chi connectivity index (χ1) is 17.4. The molecule has 194 valence electrons. The Morgan fingerprint density at radius 2 is 2.00 bits per heavy atom. The van der Waals surface area contributed by atoms with Crippen molar-refractivity contribution in [2.24, 2.45) is 5.92 Å². The molecule has 2 heterocycles. The number of aliphatic hydroxyl groups excluding tert-OH is 2. The minimum absolute atomic E-state index is 0.109. The van der Waals surface area contributed by atoms with Gasteiger partial charge in [0.05, 0.1) is 32.9 Å². The van der Waals surface area contributed by atoms with Crippen LogP contribution in [-0.4, -0.2) is 69.1 Å². The molecule has 2 aromatic rings. The number of rotatable bonds is 11. The van der Waals surface area contributed by atoms with Crippen molar-refractivity contribution in [1.82, 2.24) is 14.7 Å². The number of carbonyl (C=O) groups is 2. The van der Waals surface area contributed by atoms with E-state index in [0.29, 0.717) is 35.4 Å². The van der Waals surface area contributed by atoms with E-state index in [2.05, 4.69) is 10.4 Å². The lowest BCUT2D eigenvalue weighted by Crippen LogP contribution is -2.46. The summed E-state index contributed by atoms with van der Waals surface area (Å²) in [6, 6.07) is 8.10. The maximum Gasteiger partial charge on any atom is 0.251 e. The minimum atomic E-state index is -0.941. The van der Waals surface area contributed by atoms with Gasteiger partial charge >= 0.3 is 0 Å². The molecule has 0 saturated heterocycles. The number of ether oxygens (including phenoxy) is 2. The van der Waals surface area contributed by atoms with Gasteiger partial charge in [-0.25, -0.2) is 0 Å². The van der Waals surface area contributed by atoms with Gasteiger partial charge in [-0.3, -0.25) is 14.3 Å². The fraction of sp³-hybridized carbons (Fsp3) is 0.500. The fourth-order valence-electron chi connectivity index (χ4n) is 4.78. The highest BCUT2D eigenvalue weighted by atomic mass is 16.5. The maximum absolute atomic E-state index is 13.4. The van der Waals surface area contributed by atoms with Crippen molar-refractivity contribution in [3.63, 3.8) is 0 Å². The second-order valence-electron chi connectivity index (χ2n) is 9.36. The zero-order valence-corrected chi connectivity index (χ0v) is 20.5. The molecule has 3 N–H and O–H groups in total. The van der Waals surface area contributed by atoms with Gasteiger partial charge in [-0.05, 0) is 24.5 Å². The standard InChI is InChI=1S/C26H34N4O6/c1-35-20-8-5-9-21(13-20)36-22-14-25(33)30(16-22)23(12-18-6-3-2-4-7-18)26(34)27-24-10-11-29(28-24)15-19(32)17-31/h5,8-11,13-14,18-19,23,31-32H,2-4,6-7,12,15-17H2,1H3,(H,27,28,34). The monoisotopic (exact) mass is 498 g/mol. The Balaban J connectivity index is 1.46. The third-order valence-electron chi connectivity index (χ3n) is 6.64. The van der Waals surface area contributed by atoms with Gasteiger partial charge in [0.25, 0.3) is 5.91 Å². The first-order valence-electron chi connectivity index (χ1n) is 12.4. The molecule has 1 aromatic carbocycles. The van der Waals surface area contributed by atoms with Crippen LogP contribution in [0.15, 0.2) is 48.4 Å². The Kier molecular flexibility index (Phi) is 8.61. The molecule has 2 atom stereocenters. The van der Waals surface area contributed by atoms with Gasteiger partial charge in [-0.1, -0.05) is 38.2 Å². The van der Waals surface area contributed by atoms with Crippen molar-refractivity contribution >= 4 is 17.6 Å². The first-order valence-corrected chi connectivity index (χ1v) is 12.4. The number of nitrogens with one attached hydrogen (secondary N) is 1. The SMILES string of the molecule is COc1cccc(OC2=CC(=O)N(C(CC3CCCCC3)C(=O)Nc3ccn(CC(O)CO)n3)C2)c1. The summed E-state index contributed by atoms with van der Waals surface area (Å²) in [6.45, 7) is -0.0788. The largest absolute Gasteiger partial charge is 0.497 e. The van der Waals surface area contributed by atoms with Crippen molar-refractivity contribution in [1.29, 1.82) is 0 Å². The molecule has 1 fully saturated rings. The number of hydrogen-bond donors (Lipinski definition) is 3.